The third-order valence-corrected chi connectivity index (χ3v) is 5.24. The highest BCUT2D eigenvalue weighted by atomic mass is 16.5. The molecule has 1 atom stereocenters. The predicted molar refractivity (Wildman–Crippen MR) is 98.6 cm³/mol. The standard InChI is InChI=1S/C19H20N6O2/c26-19(15-7-14-3-1-2-4-16(14)27-11-15)20-8-13-9-24(10-13)18-6-5-17-22-21-12-25(17)23-18/h1-6,12-13,15H,7-11H2,(H,20,26). The van der Waals surface area contributed by atoms with Gasteiger partial charge in [-0.3, -0.25) is 4.79 Å². The maximum absolute atomic E-state index is 12.5. The smallest absolute Gasteiger partial charge is 0.226 e. The molecule has 3 aromatic rings. The van der Waals surface area contributed by atoms with Crippen molar-refractivity contribution in [3.63, 3.8) is 0 Å². The van der Waals surface area contributed by atoms with Crippen LogP contribution in [0.2, 0.25) is 0 Å². The van der Waals surface area contributed by atoms with E-state index in [1.54, 1.807) is 10.8 Å². The Hall–Kier alpha value is -3.16. The van der Waals surface area contributed by atoms with Gasteiger partial charge in [-0.2, -0.15) is 4.52 Å². The molecule has 0 aliphatic carbocycles. The molecular formula is C19H20N6O2. The van der Waals surface area contributed by atoms with Crippen LogP contribution in [0.25, 0.3) is 5.65 Å². The Labute approximate surface area is 156 Å². The Kier molecular flexibility index (Phi) is 3.88. The van der Waals surface area contributed by atoms with Crippen molar-refractivity contribution in [1.29, 1.82) is 0 Å². The minimum absolute atomic E-state index is 0.0759. The Morgan fingerprint density at radius 3 is 3.04 bits per heavy atom. The third-order valence-electron chi connectivity index (χ3n) is 5.24. The lowest BCUT2D eigenvalue weighted by atomic mass is 9.95. The molecule has 2 aliphatic heterocycles. The number of fused-ring (bicyclic) bond motifs is 2. The molecule has 2 aliphatic rings. The normalized spacial score (nSPS) is 19.3. The topological polar surface area (TPSA) is 84.7 Å². The highest BCUT2D eigenvalue weighted by molar-refractivity contribution is 5.79. The summed E-state index contributed by atoms with van der Waals surface area (Å²) < 4.78 is 7.39. The second-order valence-corrected chi connectivity index (χ2v) is 7.16. The van der Waals surface area contributed by atoms with Crippen LogP contribution >= 0.6 is 0 Å². The van der Waals surface area contributed by atoms with E-state index >= 15 is 0 Å². The summed E-state index contributed by atoms with van der Waals surface area (Å²) in [6.45, 7) is 2.89. The average Bonchev–Trinajstić information content (AvgIpc) is 3.14. The first-order valence-electron chi connectivity index (χ1n) is 9.17. The van der Waals surface area contributed by atoms with Crippen LogP contribution in [0.4, 0.5) is 5.82 Å². The summed E-state index contributed by atoms with van der Waals surface area (Å²) in [6.07, 6.45) is 2.34. The van der Waals surface area contributed by atoms with E-state index in [9.17, 15) is 4.79 Å². The zero-order valence-corrected chi connectivity index (χ0v) is 14.8. The van der Waals surface area contributed by atoms with Crippen molar-refractivity contribution in [3.05, 3.63) is 48.3 Å². The van der Waals surface area contributed by atoms with Gasteiger partial charge >= 0.3 is 0 Å². The minimum atomic E-state index is -0.117. The molecular weight excluding hydrogens is 344 g/mol. The van der Waals surface area contributed by atoms with Crippen LogP contribution in [-0.2, 0) is 11.2 Å². The summed E-state index contributed by atoms with van der Waals surface area (Å²) in [7, 11) is 0. The van der Waals surface area contributed by atoms with Crippen LogP contribution < -0.4 is 15.0 Å². The zero-order valence-electron chi connectivity index (χ0n) is 14.8. The van der Waals surface area contributed by atoms with Gasteiger partial charge in [0.1, 0.15) is 24.5 Å². The van der Waals surface area contributed by atoms with Crippen molar-refractivity contribution in [2.24, 2.45) is 11.8 Å². The first-order valence-corrected chi connectivity index (χ1v) is 9.17. The number of para-hydroxylation sites is 1. The zero-order chi connectivity index (χ0) is 18.2. The van der Waals surface area contributed by atoms with Crippen LogP contribution in [0.3, 0.4) is 0 Å². The summed E-state index contributed by atoms with van der Waals surface area (Å²) in [6, 6.07) is 11.8. The summed E-state index contributed by atoms with van der Waals surface area (Å²) in [5, 5.41) is 15.4. The molecule has 0 radical (unpaired) electrons. The maximum Gasteiger partial charge on any atom is 0.226 e. The Bertz CT molecular complexity index is 981. The van der Waals surface area contributed by atoms with Crippen molar-refractivity contribution in [1.82, 2.24) is 25.1 Å². The number of hydrogen-bond donors (Lipinski definition) is 1. The molecule has 0 spiro atoms. The van der Waals surface area contributed by atoms with Gasteiger partial charge in [-0.1, -0.05) is 18.2 Å². The first kappa shape index (κ1) is 16.0. The van der Waals surface area contributed by atoms with Crippen LogP contribution in [-0.4, -0.2) is 52.0 Å². The number of amides is 1. The molecule has 8 heteroatoms. The molecule has 1 fully saturated rings. The fraction of sp³-hybridized carbons (Fsp3) is 0.368. The Balaban J connectivity index is 1.12. The molecule has 138 valence electrons. The number of anilines is 1. The molecule has 5 rings (SSSR count). The summed E-state index contributed by atoms with van der Waals surface area (Å²) in [5.74, 6) is 2.20. The molecule has 0 saturated carbocycles. The van der Waals surface area contributed by atoms with E-state index in [-0.39, 0.29) is 11.8 Å². The molecule has 1 N–H and O–H groups in total. The molecule has 1 aromatic carbocycles. The van der Waals surface area contributed by atoms with Gasteiger partial charge in [0.25, 0.3) is 0 Å². The quantitative estimate of drug-likeness (QED) is 0.741. The van der Waals surface area contributed by atoms with Gasteiger partial charge in [0.05, 0.1) is 5.92 Å². The molecule has 2 aromatic heterocycles. The van der Waals surface area contributed by atoms with Crippen LogP contribution in [0.1, 0.15) is 5.56 Å². The van der Waals surface area contributed by atoms with E-state index in [0.29, 0.717) is 19.1 Å². The fourth-order valence-electron chi connectivity index (χ4n) is 3.66. The molecule has 0 bridgehead atoms. The van der Waals surface area contributed by atoms with Crippen LogP contribution in [0.5, 0.6) is 5.75 Å². The fourth-order valence-corrected chi connectivity index (χ4v) is 3.66. The summed E-state index contributed by atoms with van der Waals surface area (Å²) in [5.41, 5.74) is 1.84. The van der Waals surface area contributed by atoms with E-state index in [4.69, 9.17) is 4.74 Å². The number of benzene rings is 1. The lowest BCUT2D eigenvalue weighted by molar-refractivity contribution is -0.126. The SMILES string of the molecule is O=C(NCC1CN(c2ccc3nncn3n2)C1)C1COc2ccccc2C1. The highest BCUT2D eigenvalue weighted by Gasteiger charge is 2.30. The van der Waals surface area contributed by atoms with E-state index in [0.717, 1.165) is 42.3 Å². The van der Waals surface area contributed by atoms with Gasteiger partial charge < -0.3 is 15.0 Å². The summed E-state index contributed by atoms with van der Waals surface area (Å²) >= 11 is 0. The number of aromatic nitrogens is 4. The first-order chi connectivity index (χ1) is 13.3. The van der Waals surface area contributed by atoms with E-state index in [1.807, 2.05) is 36.4 Å². The molecule has 1 amide bonds. The lowest BCUT2D eigenvalue weighted by Crippen LogP contribution is -2.52. The van der Waals surface area contributed by atoms with E-state index in [1.165, 1.54) is 0 Å². The number of ether oxygens (including phenoxy) is 1. The van der Waals surface area contributed by atoms with Gasteiger partial charge in [0.2, 0.25) is 5.91 Å². The lowest BCUT2D eigenvalue weighted by Gasteiger charge is -2.40. The van der Waals surface area contributed by atoms with Crippen molar-refractivity contribution in [3.8, 4) is 5.75 Å². The van der Waals surface area contributed by atoms with Gasteiger partial charge in [0.15, 0.2) is 5.65 Å². The van der Waals surface area contributed by atoms with E-state index < -0.39 is 0 Å². The van der Waals surface area contributed by atoms with Crippen LogP contribution in [0.15, 0.2) is 42.7 Å². The molecule has 8 nitrogen and oxygen atoms in total. The van der Waals surface area contributed by atoms with E-state index in [2.05, 4.69) is 25.5 Å². The monoisotopic (exact) mass is 364 g/mol. The third kappa shape index (κ3) is 3.07. The van der Waals surface area contributed by atoms with Crippen LogP contribution in [0, 0.1) is 11.8 Å². The Morgan fingerprint density at radius 1 is 1.22 bits per heavy atom. The van der Waals surface area contributed by atoms with Gasteiger partial charge in [-0.05, 0) is 30.2 Å². The molecule has 4 heterocycles. The molecule has 1 unspecified atom stereocenters. The summed E-state index contributed by atoms with van der Waals surface area (Å²) in [4.78, 5) is 14.7. The Morgan fingerprint density at radius 2 is 2.11 bits per heavy atom. The van der Waals surface area contributed by atoms with Gasteiger partial charge in [-0.15, -0.1) is 15.3 Å². The molecule has 27 heavy (non-hydrogen) atoms. The molecule has 1 saturated heterocycles. The number of nitrogens with one attached hydrogen (secondary N) is 1. The number of nitrogens with zero attached hydrogens (tertiary/aromatic N) is 5. The van der Waals surface area contributed by atoms with Crippen molar-refractivity contribution in [2.45, 2.75) is 6.42 Å². The number of carbonyl (C=O) groups excluding carboxylic acids is 1. The van der Waals surface area contributed by atoms with Crippen molar-refractivity contribution in [2.75, 3.05) is 31.1 Å². The number of rotatable bonds is 4. The van der Waals surface area contributed by atoms with Crippen molar-refractivity contribution >= 4 is 17.4 Å². The van der Waals surface area contributed by atoms with Gasteiger partial charge in [0, 0.05) is 25.6 Å². The number of hydrogen-bond acceptors (Lipinski definition) is 6. The average molecular weight is 364 g/mol. The second kappa shape index (κ2) is 6.53. The predicted octanol–water partition coefficient (Wildman–Crippen LogP) is 0.928. The largest absolute Gasteiger partial charge is 0.492 e. The van der Waals surface area contributed by atoms with Gasteiger partial charge in [-0.25, -0.2) is 0 Å². The highest BCUT2D eigenvalue weighted by Crippen LogP contribution is 2.27. The number of carbonyl (C=O) groups is 1. The minimum Gasteiger partial charge on any atom is -0.492 e. The van der Waals surface area contributed by atoms with Crippen molar-refractivity contribution < 1.29 is 9.53 Å². The second-order valence-electron chi connectivity index (χ2n) is 7.16. The maximum atomic E-state index is 12.5.